The van der Waals surface area contributed by atoms with E-state index in [1.165, 1.54) is 6.20 Å². The van der Waals surface area contributed by atoms with E-state index in [-0.39, 0.29) is 5.91 Å². The maximum absolute atomic E-state index is 12.5. The standard InChI is InChI=1S/C15H18N4O/c1-3-19(13-6-4-5-11(2)9-13)15(20)12-7-8-14(18-16)17-10-12/h4-10H,3,16H2,1-2H3,(H,17,18). The molecule has 0 atom stereocenters. The molecule has 104 valence electrons. The van der Waals surface area contributed by atoms with Crippen molar-refractivity contribution < 1.29 is 4.79 Å². The van der Waals surface area contributed by atoms with Crippen molar-refractivity contribution in [1.29, 1.82) is 0 Å². The van der Waals surface area contributed by atoms with Crippen LogP contribution in [0.5, 0.6) is 0 Å². The van der Waals surface area contributed by atoms with Gasteiger partial charge in [-0.2, -0.15) is 0 Å². The minimum Gasteiger partial charge on any atom is -0.309 e. The number of amides is 1. The van der Waals surface area contributed by atoms with Gasteiger partial charge in [-0.15, -0.1) is 0 Å². The summed E-state index contributed by atoms with van der Waals surface area (Å²) in [5.74, 6) is 5.71. The topological polar surface area (TPSA) is 71.2 Å². The third-order valence-electron chi connectivity index (χ3n) is 3.03. The Balaban J connectivity index is 2.28. The Morgan fingerprint density at radius 1 is 1.35 bits per heavy atom. The van der Waals surface area contributed by atoms with E-state index in [1.807, 2.05) is 38.1 Å². The van der Waals surface area contributed by atoms with Gasteiger partial charge in [-0.25, -0.2) is 10.8 Å². The summed E-state index contributed by atoms with van der Waals surface area (Å²) < 4.78 is 0. The van der Waals surface area contributed by atoms with Crippen LogP contribution in [0.25, 0.3) is 0 Å². The van der Waals surface area contributed by atoms with Crippen molar-refractivity contribution in [3.8, 4) is 0 Å². The normalized spacial score (nSPS) is 10.2. The number of hydrazine groups is 1. The molecule has 1 aromatic carbocycles. The molecular weight excluding hydrogens is 252 g/mol. The quantitative estimate of drug-likeness (QED) is 0.661. The third-order valence-corrected chi connectivity index (χ3v) is 3.03. The molecule has 0 bridgehead atoms. The molecule has 0 saturated heterocycles. The predicted molar refractivity (Wildman–Crippen MR) is 80.6 cm³/mol. The number of carbonyl (C=O) groups is 1. The van der Waals surface area contributed by atoms with Crippen LogP contribution in [0.2, 0.25) is 0 Å². The van der Waals surface area contributed by atoms with Gasteiger partial charge in [0.05, 0.1) is 5.56 Å². The van der Waals surface area contributed by atoms with E-state index in [9.17, 15) is 4.79 Å². The molecule has 0 radical (unpaired) electrons. The highest BCUT2D eigenvalue weighted by molar-refractivity contribution is 6.06. The number of nitrogens with zero attached hydrogens (tertiary/aromatic N) is 2. The lowest BCUT2D eigenvalue weighted by atomic mass is 10.2. The predicted octanol–water partition coefficient (Wildman–Crippen LogP) is 2.34. The molecule has 5 heteroatoms. The first kappa shape index (κ1) is 14.0. The first-order valence-corrected chi connectivity index (χ1v) is 6.47. The lowest BCUT2D eigenvalue weighted by Crippen LogP contribution is -2.30. The van der Waals surface area contributed by atoms with Gasteiger partial charge < -0.3 is 10.3 Å². The number of aromatic nitrogens is 1. The first-order chi connectivity index (χ1) is 9.65. The number of nitrogens with one attached hydrogen (secondary N) is 1. The summed E-state index contributed by atoms with van der Waals surface area (Å²) in [6, 6.07) is 11.3. The number of hydrogen-bond donors (Lipinski definition) is 2. The van der Waals surface area contributed by atoms with Crippen molar-refractivity contribution in [2.24, 2.45) is 5.84 Å². The molecule has 0 saturated carbocycles. The fourth-order valence-electron chi connectivity index (χ4n) is 2.00. The van der Waals surface area contributed by atoms with Gasteiger partial charge in [-0.3, -0.25) is 4.79 Å². The number of pyridine rings is 1. The fourth-order valence-corrected chi connectivity index (χ4v) is 2.00. The lowest BCUT2D eigenvalue weighted by molar-refractivity contribution is 0.0988. The van der Waals surface area contributed by atoms with Crippen LogP contribution in [0.15, 0.2) is 42.6 Å². The number of nitrogen functional groups attached to an aromatic ring is 1. The van der Waals surface area contributed by atoms with Crippen molar-refractivity contribution in [2.45, 2.75) is 13.8 Å². The van der Waals surface area contributed by atoms with E-state index in [2.05, 4.69) is 10.4 Å². The molecule has 1 heterocycles. The summed E-state index contributed by atoms with van der Waals surface area (Å²) in [5, 5.41) is 0. The zero-order chi connectivity index (χ0) is 14.5. The van der Waals surface area contributed by atoms with Crippen LogP contribution in [-0.2, 0) is 0 Å². The van der Waals surface area contributed by atoms with Crippen molar-refractivity contribution in [3.63, 3.8) is 0 Å². The summed E-state index contributed by atoms with van der Waals surface area (Å²) >= 11 is 0. The zero-order valence-electron chi connectivity index (χ0n) is 11.6. The maximum atomic E-state index is 12.5. The van der Waals surface area contributed by atoms with Crippen LogP contribution < -0.4 is 16.2 Å². The average Bonchev–Trinajstić information content (AvgIpc) is 2.48. The molecule has 3 N–H and O–H groups in total. The zero-order valence-corrected chi connectivity index (χ0v) is 11.6. The minimum absolute atomic E-state index is 0.0748. The van der Waals surface area contributed by atoms with Crippen molar-refractivity contribution in [3.05, 3.63) is 53.7 Å². The summed E-state index contributed by atoms with van der Waals surface area (Å²) in [6.45, 7) is 4.55. The Kier molecular flexibility index (Phi) is 4.32. The van der Waals surface area contributed by atoms with Gasteiger partial charge in [0.25, 0.3) is 5.91 Å². The van der Waals surface area contributed by atoms with E-state index in [1.54, 1.807) is 17.0 Å². The smallest absolute Gasteiger partial charge is 0.259 e. The molecule has 5 nitrogen and oxygen atoms in total. The summed E-state index contributed by atoms with van der Waals surface area (Å²) in [4.78, 5) is 18.3. The number of hydrogen-bond acceptors (Lipinski definition) is 4. The molecule has 0 spiro atoms. The molecule has 1 amide bonds. The summed E-state index contributed by atoms with van der Waals surface area (Å²) in [5.41, 5.74) is 4.98. The van der Waals surface area contributed by atoms with E-state index in [0.29, 0.717) is 17.9 Å². The highest BCUT2D eigenvalue weighted by atomic mass is 16.2. The molecular formula is C15H18N4O. The third kappa shape index (κ3) is 2.95. The molecule has 0 fully saturated rings. The van der Waals surface area contributed by atoms with Crippen LogP contribution in [0, 0.1) is 6.92 Å². The molecule has 2 rings (SSSR count). The number of rotatable bonds is 4. The molecule has 0 aliphatic carbocycles. The first-order valence-electron chi connectivity index (χ1n) is 6.47. The van der Waals surface area contributed by atoms with Crippen LogP contribution in [0.3, 0.4) is 0 Å². The Morgan fingerprint density at radius 3 is 2.70 bits per heavy atom. The van der Waals surface area contributed by atoms with Gasteiger partial charge in [0.2, 0.25) is 0 Å². The highest BCUT2D eigenvalue weighted by Gasteiger charge is 2.16. The van der Waals surface area contributed by atoms with Gasteiger partial charge in [0.15, 0.2) is 0 Å². The molecule has 0 aliphatic heterocycles. The van der Waals surface area contributed by atoms with Gasteiger partial charge >= 0.3 is 0 Å². The lowest BCUT2D eigenvalue weighted by Gasteiger charge is -2.21. The van der Waals surface area contributed by atoms with Crippen LogP contribution in [-0.4, -0.2) is 17.4 Å². The summed E-state index contributed by atoms with van der Waals surface area (Å²) in [7, 11) is 0. The Bertz CT molecular complexity index is 595. The minimum atomic E-state index is -0.0748. The molecule has 1 aromatic heterocycles. The van der Waals surface area contributed by atoms with Crippen LogP contribution in [0.1, 0.15) is 22.8 Å². The number of carbonyl (C=O) groups excluding carboxylic acids is 1. The molecule has 0 aliphatic rings. The molecule has 0 unspecified atom stereocenters. The second kappa shape index (κ2) is 6.16. The van der Waals surface area contributed by atoms with E-state index in [0.717, 1.165) is 11.3 Å². The highest BCUT2D eigenvalue weighted by Crippen LogP contribution is 2.18. The Hall–Kier alpha value is -2.40. The van der Waals surface area contributed by atoms with Gasteiger partial charge in [0.1, 0.15) is 5.82 Å². The van der Waals surface area contributed by atoms with E-state index < -0.39 is 0 Å². The maximum Gasteiger partial charge on any atom is 0.259 e. The van der Waals surface area contributed by atoms with Gasteiger partial charge in [0, 0.05) is 18.4 Å². The monoisotopic (exact) mass is 270 g/mol. The van der Waals surface area contributed by atoms with Gasteiger partial charge in [-0.1, -0.05) is 12.1 Å². The second-order valence-corrected chi connectivity index (χ2v) is 4.46. The number of aryl methyl sites for hydroxylation is 1. The number of benzene rings is 1. The van der Waals surface area contributed by atoms with Crippen molar-refractivity contribution in [1.82, 2.24) is 4.98 Å². The van der Waals surface area contributed by atoms with Crippen LogP contribution >= 0.6 is 0 Å². The van der Waals surface area contributed by atoms with Crippen LogP contribution in [0.4, 0.5) is 11.5 Å². The van der Waals surface area contributed by atoms with E-state index in [4.69, 9.17) is 5.84 Å². The fraction of sp³-hybridized carbons (Fsp3) is 0.200. The Labute approximate surface area is 118 Å². The number of nitrogens with two attached hydrogens (primary N) is 1. The molecule has 2 aromatic rings. The number of anilines is 2. The Morgan fingerprint density at radius 2 is 2.15 bits per heavy atom. The average molecular weight is 270 g/mol. The summed E-state index contributed by atoms with van der Waals surface area (Å²) in [6.07, 6.45) is 1.52. The van der Waals surface area contributed by atoms with Crippen molar-refractivity contribution >= 4 is 17.4 Å². The second-order valence-electron chi connectivity index (χ2n) is 4.46. The van der Waals surface area contributed by atoms with E-state index >= 15 is 0 Å². The SMILES string of the molecule is CCN(C(=O)c1ccc(NN)nc1)c1cccc(C)c1. The molecule has 20 heavy (non-hydrogen) atoms. The van der Waals surface area contributed by atoms with Crippen molar-refractivity contribution in [2.75, 3.05) is 16.9 Å². The largest absolute Gasteiger partial charge is 0.309 e. The van der Waals surface area contributed by atoms with Gasteiger partial charge in [-0.05, 0) is 43.7 Å².